The highest BCUT2D eigenvalue weighted by molar-refractivity contribution is 5.97. The first-order valence-corrected chi connectivity index (χ1v) is 10.8. The van der Waals surface area contributed by atoms with E-state index < -0.39 is 0 Å². The van der Waals surface area contributed by atoms with E-state index in [-0.39, 0.29) is 0 Å². The fraction of sp³-hybridized carbons (Fsp3) is 0.192. The lowest BCUT2D eigenvalue weighted by Crippen LogP contribution is -2.29. The van der Waals surface area contributed by atoms with Crippen LogP contribution in [0.1, 0.15) is 12.5 Å². The normalized spacial score (nSPS) is 12.2. The average molecular weight is 424 g/mol. The van der Waals surface area contributed by atoms with Gasteiger partial charge in [-0.15, -0.1) is 0 Å². The lowest BCUT2D eigenvalue weighted by atomic mass is 10.0. The molecule has 6 heteroatoms. The van der Waals surface area contributed by atoms with Gasteiger partial charge in [-0.1, -0.05) is 24.3 Å². The summed E-state index contributed by atoms with van der Waals surface area (Å²) in [4.78, 5) is 16.2. The maximum Gasteiger partial charge on any atom is 0.155 e. The Balaban J connectivity index is 1.80. The molecule has 0 bridgehead atoms. The predicted molar refractivity (Wildman–Crippen MR) is 129 cm³/mol. The van der Waals surface area contributed by atoms with Crippen molar-refractivity contribution in [3.8, 4) is 11.5 Å². The molecule has 0 radical (unpaired) electrons. The van der Waals surface area contributed by atoms with E-state index in [0.717, 1.165) is 63.0 Å². The standard InChI is InChI=1S/C26H25N5O/c1-3-31(13-10-27)19-14-17(2)25-23(15-19)32-24-16-22(29-18-8-11-28-12-9-18)20-6-4-5-7-21(20)26(24)30-25/h4-9,11-12,14-16H,3,10,13,27H2,1-2H3. The van der Waals surface area contributed by atoms with Crippen LogP contribution in [0.4, 0.5) is 11.4 Å². The summed E-state index contributed by atoms with van der Waals surface area (Å²) in [5.74, 6) is 0.711. The average Bonchev–Trinajstić information content (AvgIpc) is 2.82. The Morgan fingerprint density at radius 2 is 1.81 bits per heavy atom. The zero-order chi connectivity index (χ0) is 22.1. The fourth-order valence-electron chi connectivity index (χ4n) is 4.15. The maximum absolute atomic E-state index is 6.43. The Morgan fingerprint density at radius 3 is 2.56 bits per heavy atom. The van der Waals surface area contributed by atoms with Crippen LogP contribution in [0.2, 0.25) is 0 Å². The van der Waals surface area contributed by atoms with Crippen molar-refractivity contribution in [2.24, 2.45) is 10.7 Å². The molecule has 0 amide bonds. The van der Waals surface area contributed by atoms with Crippen LogP contribution in [0, 0.1) is 6.92 Å². The molecule has 32 heavy (non-hydrogen) atoms. The zero-order valence-corrected chi connectivity index (χ0v) is 18.2. The van der Waals surface area contributed by atoms with E-state index in [4.69, 9.17) is 20.1 Å². The molecule has 0 atom stereocenters. The van der Waals surface area contributed by atoms with Crippen molar-refractivity contribution >= 4 is 33.2 Å². The number of benzene rings is 3. The van der Waals surface area contributed by atoms with Crippen LogP contribution in [0.5, 0.6) is 0 Å². The summed E-state index contributed by atoms with van der Waals surface area (Å²) in [5.41, 5.74) is 11.3. The van der Waals surface area contributed by atoms with E-state index in [2.05, 4.69) is 48.0 Å². The number of rotatable bonds is 5. The number of hydrogen-bond donors (Lipinski definition) is 1. The largest absolute Gasteiger partial charge is 0.453 e. The van der Waals surface area contributed by atoms with Gasteiger partial charge in [0.2, 0.25) is 0 Å². The maximum atomic E-state index is 6.43. The predicted octanol–water partition coefficient (Wildman–Crippen LogP) is 4.81. The van der Waals surface area contributed by atoms with Gasteiger partial charge in [-0.25, -0.2) is 9.98 Å². The van der Waals surface area contributed by atoms with Crippen LogP contribution >= 0.6 is 0 Å². The minimum atomic E-state index is 0.601. The molecule has 5 rings (SSSR count). The van der Waals surface area contributed by atoms with Crippen molar-refractivity contribution in [1.82, 2.24) is 9.97 Å². The van der Waals surface area contributed by atoms with Gasteiger partial charge in [0.15, 0.2) is 11.3 Å². The van der Waals surface area contributed by atoms with Crippen molar-refractivity contribution in [3.63, 3.8) is 0 Å². The molecule has 0 spiro atoms. The fourth-order valence-corrected chi connectivity index (χ4v) is 4.15. The molecule has 2 heterocycles. The number of anilines is 1. The third kappa shape index (κ3) is 3.59. The van der Waals surface area contributed by atoms with Gasteiger partial charge in [-0.3, -0.25) is 4.98 Å². The summed E-state index contributed by atoms with van der Waals surface area (Å²) in [6.07, 6.45) is 3.49. The molecule has 2 aliphatic rings. The van der Waals surface area contributed by atoms with Crippen LogP contribution in [0.25, 0.3) is 33.3 Å². The number of aromatic nitrogens is 2. The minimum absolute atomic E-state index is 0.601. The molecule has 2 aromatic carbocycles. The molecule has 3 aromatic rings. The molecular weight excluding hydrogens is 398 g/mol. The van der Waals surface area contributed by atoms with Crippen LogP contribution in [-0.4, -0.2) is 29.6 Å². The number of nitrogens with zero attached hydrogens (tertiary/aromatic N) is 4. The number of nitrogens with two attached hydrogens (primary N) is 1. The van der Waals surface area contributed by atoms with E-state index in [1.54, 1.807) is 12.4 Å². The first-order chi connectivity index (χ1) is 15.7. The highest BCUT2D eigenvalue weighted by Crippen LogP contribution is 2.33. The summed E-state index contributed by atoms with van der Waals surface area (Å²) < 4.78 is 6.43. The molecule has 160 valence electrons. The van der Waals surface area contributed by atoms with Crippen molar-refractivity contribution in [2.75, 3.05) is 24.5 Å². The van der Waals surface area contributed by atoms with Gasteiger partial charge < -0.3 is 15.1 Å². The summed E-state index contributed by atoms with van der Waals surface area (Å²) in [7, 11) is 0. The summed E-state index contributed by atoms with van der Waals surface area (Å²) in [5, 5.41) is 2.90. The smallest absolute Gasteiger partial charge is 0.155 e. The van der Waals surface area contributed by atoms with Crippen LogP contribution in [-0.2, 0) is 0 Å². The second-order valence-electron chi connectivity index (χ2n) is 7.80. The Labute approximate surface area is 186 Å². The van der Waals surface area contributed by atoms with Gasteiger partial charge in [0.05, 0.1) is 11.0 Å². The Hall–Kier alpha value is -3.77. The van der Waals surface area contributed by atoms with Crippen molar-refractivity contribution < 1.29 is 4.42 Å². The molecule has 0 saturated heterocycles. The zero-order valence-electron chi connectivity index (χ0n) is 18.2. The Kier molecular flexibility index (Phi) is 5.29. The third-order valence-electron chi connectivity index (χ3n) is 5.71. The van der Waals surface area contributed by atoms with Crippen molar-refractivity contribution in [2.45, 2.75) is 13.8 Å². The quantitative estimate of drug-likeness (QED) is 0.324. The van der Waals surface area contributed by atoms with Gasteiger partial charge >= 0.3 is 0 Å². The van der Waals surface area contributed by atoms with Gasteiger partial charge in [0.25, 0.3) is 0 Å². The van der Waals surface area contributed by atoms with Crippen LogP contribution in [0.15, 0.2) is 76.4 Å². The lowest BCUT2D eigenvalue weighted by Gasteiger charge is -2.23. The minimum Gasteiger partial charge on any atom is -0.453 e. The van der Waals surface area contributed by atoms with Gasteiger partial charge in [-0.2, -0.15) is 0 Å². The SMILES string of the molecule is CCN(CCN)c1cc(C)c2nc3c4ccccc4c(=Nc4ccncc4)cc-3oc2c1. The van der Waals surface area contributed by atoms with E-state index in [1.807, 2.05) is 30.3 Å². The first-order valence-electron chi connectivity index (χ1n) is 10.8. The second kappa shape index (κ2) is 8.40. The van der Waals surface area contributed by atoms with E-state index in [0.29, 0.717) is 12.3 Å². The Bertz CT molecular complexity index is 1440. The summed E-state index contributed by atoms with van der Waals surface area (Å²) in [6, 6.07) is 18.2. The highest BCUT2D eigenvalue weighted by atomic mass is 16.3. The molecular formula is C26H25N5O. The van der Waals surface area contributed by atoms with E-state index in [9.17, 15) is 0 Å². The summed E-state index contributed by atoms with van der Waals surface area (Å²) in [6.45, 7) is 6.48. The van der Waals surface area contributed by atoms with Crippen LogP contribution < -0.4 is 16.0 Å². The molecule has 1 aliphatic carbocycles. The molecule has 0 saturated carbocycles. The van der Waals surface area contributed by atoms with E-state index in [1.165, 1.54) is 0 Å². The Morgan fingerprint density at radius 1 is 1.03 bits per heavy atom. The number of aryl methyl sites for hydroxylation is 1. The molecule has 0 unspecified atom stereocenters. The van der Waals surface area contributed by atoms with Gasteiger partial charge in [0.1, 0.15) is 11.2 Å². The first kappa shape index (κ1) is 20.2. The van der Waals surface area contributed by atoms with Crippen LogP contribution in [0.3, 0.4) is 0 Å². The van der Waals surface area contributed by atoms with E-state index >= 15 is 0 Å². The molecule has 0 fully saturated rings. The van der Waals surface area contributed by atoms with Gasteiger partial charge in [0, 0.05) is 60.6 Å². The molecule has 6 nitrogen and oxygen atoms in total. The molecule has 1 aliphatic heterocycles. The topological polar surface area (TPSA) is 80.5 Å². The summed E-state index contributed by atoms with van der Waals surface area (Å²) >= 11 is 0. The number of likely N-dealkylation sites (N-methyl/N-ethyl adjacent to an activating group) is 1. The van der Waals surface area contributed by atoms with Crippen molar-refractivity contribution in [1.29, 1.82) is 0 Å². The number of pyridine rings is 1. The third-order valence-corrected chi connectivity index (χ3v) is 5.71. The van der Waals surface area contributed by atoms with Gasteiger partial charge in [-0.05, 0) is 37.6 Å². The highest BCUT2D eigenvalue weighted by Gasteiger charge is 2.17. The number of hydrogen-bond acceptors (Lipinski definition) is 6. The molecule has 2 N–H and O–H groups in total. The monoisotopic (exact) mass is 423 g/mol. The molecule has 1 aromatic heterocycles. The number of fused-ring (bicyclic) bond motifs is 4. The second-order valence-corrected chi connectivity index (χ2v) is 7.80. The van der Waals surface area contributed by atoms with Crippen molar-refractivity contribution in [3.05, 3.63) is 77.9 Å². The lowest BCUT2D eigenvalue weighted by molar-refractivity contribution is 0.613.